The summed E-state index contributed by atoms with van der Waals surface area (Å²) in [4.78, 5) is 16.0. The Bertz CT molecular complexity index is 915. The lowest BCUT2D eigenvalue weighted by atomic mass is 10.2. The molecule has 1 heterocycles. The average Bonchev–Trinajstić information content (AvgIpc) is 2.69. The Labute approximate surface area is 156 Å². The zero-order valence-electron chi connectivity index (χ0n) is 15.0. The van der Waals surface area contributed by atoms with Gasteiger partial charge in [0.25, 0.3) is 0 Å². The molecule has 8 heteroatoms. The molecule has 27 heavy (non-hydrogen) atoms. The van der Waals surface area contributed by atoms with Crippen LogP contribution in [-0.2, 0) is 4.74 Å². The quantitative estimate of drug-likeness (QED) is 0.614. The maximum atomic E-state index is 11.6. The number of nitrogens with zero attached hydrogens (tertiary/aromatic N) is 3. The summed E-state index contributed by atoms with van der Waals surface area (Å²) in [6.45, 7) is 2.55. The van der Waals surface area contributed by atoms with Crippen LogP contribution in [0.1, 0.15) is 17.3 Å². The molecule has 0 atom stereocenters. The number of hydrogen-bond donors (Lipinski definition) is 2. The maximum Gasteiger partial charge on any atom is 0.337 e. The van der Waals surface area contributed by atoms with Gasteiger partial charge < -0.3 is 20.1 Å². The highest BCUT2D eigenvalue weighted by Gasteiger charge is 2.07. The second kappa shape index (κ2) is 8.61. The van der Waals surface area contributed by atoms with Crippen molar-refractivity contribution < 1.29 is 14.3 Å². The highest BCUT2D eigenvalue weighted by Crippen LogP contribution is 2.20. The van der Waals surface area contributed by atoms with E-state index in [4.69, 9.17) is 9.47 Å². The lowest BCUT2D eigenvalue weighted by Gasteiger charge is -2.09. The molecule has 2 N–H and O–H groups in total. The zero-order chi connectivity index (χ0) is 19.1. The summed E-state index contributed by atoms with van der Waals surface area (Å²) in [7, 11) is 1.34. The molecule has 3 rings (SSSR count). The number of rotatable bonds is 7. The van der Waals surface area contributed by atoms with Gasteiger partial charge in [0.2, 0.25) is 5.95 Å². The van der Waals surface area contributed by atoms with Gasteiger partial charge in [-0.15, -0.1) is 5.10 Å². The zero-order valence-corrected chi connectivity index (χ0v) is 15.0. The monoisotopic (exact) mass is 365 g/mol. The number of ether oxygens (including phenoxy) is 2. The van der Waals surface area contributed by atoms with E-state index in [1.165, 1.54) is 13.3 Å². The van der Waals surface area contributed by atoms with Crippen molar-refractivity contribution in [1.29, 1.82) is 0 Å². The third-order valence-corrected chi connectivity index (χ3v) is 3.54. The first-order chi connectivity index (χ1) is 13.2. The number of carbonyl (C=O) groups is 1. The van der Waals surface area contributed by atoms with E-state index in [9.17, 15) is 4.79 Å². The molecule has 0 bridgehead atoms. The second-order valence-corrected chi connectivity index (χ2v) is 5.44. The number of aromatic nitrogens is 3. The molecule has 138 valence electrons. The Morgan fingerprint density at radius 1 is 1.07 bits per heavy atom. The number of benzene rings is 2. The van der Waals surface area contributed by atoms with E-state index in [2.05, 4.69) is 25.8 Å². The minimum absolute atomic E-state index is 0.341. The standard InChI is InChI=1S/C19H19N5O3/c1-3-27-16-9-7-14(8-10-16)22-19-23-17(12-20-24-19)21-15-6-4-5-13(11-15)18(25)26-2/h4-12H,3H2,1-2H3,(H2,21,22,23,24). The van der Waals surface area contributed by atoms with Crippen LogP contribution < -0.4 is 15.4 Å². The van der Waals surface area contributed by atoms with Crippen LogP contribution in [0.4, 0.5) is 23.1 Å². The van der Waals surface area contributed by atoms with Gasteiger partial charge in [-0.25, -0.2) is 4.79 Å². The fourth-order valence-electron chi connectivity index (χ4n) is 2.34. The Hall–Kier alpha value is -3.68. The van der Waals surface area contributed by atoms with Crippen LogP contribution in [0.5, 0.6) is 5.75 Å². The normalized spacial score (nSPS) is 10.1. The molecule has 0 aliphatic rings. The van der Waals surface area contributed by atoms with Gasteiger partial charge in [0.05, 0.1) is 25.5 Å². The average molecular weight is 365 g/mol. The summed E-state index contributed by atoms with van der Waals surface area (Å²) < 4.78 is 10.1. The molecule has 2 aromatic carbocycles. The Kier molecular flexibility index (Phi) is 5.78. The number of nitrogens with one attached hydrogen (secondary N) is 2. The van der Waals surface area contributed by atoms with Crippen LogP contribution >= 0.6 is 0 Å². The molecular formula is C19H19N5O3. The first-order valence-electron chi connectivity index (χ1n) is 8.33. The Balaban J connectivity index is 1.71. The van der Waals surface area contributed by atoms with E-state index >= 15 is 0 Å². The third kappa shape index (κ3) is 4.91. The molecule has 0 aliphatic carbocycles. The van der Waals surface area contributed by atoms with Gasteiger partial charge in [-0.1, -0.05) is 6.07 Å². The van der Waals surface area contributed by atoms with Gasteiger partial charge in [-0.05, 0) is 49.4 Å². The summed E-state index contributed by atoms with van der Waals surface area (Å²) in [5, 5.41) is 14.1. The third-order valence-electron chi connectivity index (χ3n) is 3.54. The van der Waals surface area contributed by atoms with Crippen molar-refractivity contribution in [2.24, 2.45) is 0 Å². The van der Waals surface area contributed by atoms with Gasteiger partial charge in [-0.2, -0.15) is 10.1 Å². The van der Waals surface area contributed by atoms with Crippen molar-refractivity contribution >= 4 is 29.1 Å². The number of hydrogen-bond acceptors (Lipinski definition) is 8. The van der Waals surface area contributed by atoms with Crippen molar-refractivity contribution in [3.63, 3.8) is 0 Å². The van der Waals surface area contributed by atoms with E-state index < -0.39 is 5.97 Å². The van der Waals surface area contributed by atoms with Gasteiger partial charge in [0.1, 0.15) is 5.75 Å². The first kappa shape index (κ1) is 18.1. The fraction of sp³-hybridized carbons (Fsp3) is 0.158. The summed E-state index contributed by atoms with van der Waals surface area (Å²) in [5.41, 5.74) is 1.94. The number of methoxy groups -OCH3 is 1. The van der Waals surface area contributed by atoms with Gasteiger partial charge in [0.15, 0.2) is 5.82 Å². The number of esters is 1. The molecule has 3 aromatic rings. The molecule has 0 radical (unpaired) electrons. The van der Waals surface area contributed by atoms with Crippen molar-refractivity contribution in [2.45, 2.75) is 6.92 Å². The van der Waals surface area contributed by atoms with E-state index in [0.29, 0.717) is 29.6 Å². The van der Waals surface area contributed by atoms with Gasteiger partial charge in [0, 0.05) is 11.4 Å². The SMILES string of the molecule is CCOc1ccc(Nc2nncc(Nc3cccc(C(=O)OC)c3)n2)cc1. The summed E-state index contributed by atoms with van der Waals surface area (Å²) in [6, 6.07) is 14.4. The smallest absolute Gasteiger partial charge is 0.337 e. The predicted octanol–water partition coefficient (Wildman–Crippen LogP) is 3.54. The lowest BCUT2D eigenvalue weighted by Crippen LogP contribution is -2.04. The minimum Gasteiger partial charge on any atom is -0.494 e. The molecular weight excluding hydrogens is 346 g/mol. The Morgan fingerprint density at radius 3 is 2.63 bits per heavy atom. The predicted molar refractivity (Wildman–Crippen MR) is 102 cm³/mol. The molecule has 1 aromatic heterocycles. The van der Waals surface area contributed by atoms with E-state index in [1.54, 1.807) is 18.2 Å². The summed E-state index contributed by atoms with van der Waals surface area (Å²) in [5.74, 6) is 1.22. The lowest BCUT2D eigenvalue weighted by molar-refractivity contribution is 0.0601. The fourth-order valence-corrected chi connectivity index (χ4v) is 2.34. The summed E-state index contributed by atoms with van der Waals surface area (Å²) in [6.07, 6.45) is 1.49. The topological polar surface area (TPSA) is 98.3 Å². The molecule has 0 saturated carbocycles. The highest BCUT2D eigenvalue weighted by molar-refractivity contribution is 5.90. The molecule has 0 saturated heterocycles. The van der Waals surface area contributed by atoms with Crippen molar-refractivity contribution in [2.75, 3.05) is 24.4 Å². The van der Waals surface area contributed by atoms with Crippen LogP contribution in [-0.4, -0.2) is 34.9 Å². The van der Waals surface area contributed by atoms with Crippen LogP contribution in [0.3, 0.4) is 0 Å². The van der Waals surface area contributed by atoms with E-state index in [-0.39, 0.29) is 0 Å². The Morgan fingerprint density at radius 2 is 1.89 bits per heavy atom. The second-order valence-electron chi connectivity index (χ2n) is 5.44. The first-order valence-corrected chi connectivity index (χ1v) is 8.33. The van der Waals surface area contributed by atoms with Crippen LogP contribution in [0.2, 0.25) is 0 Å². The summed E-state index contributed by atoms with van der Waals surface area (Å²) >= 11 is 0. The molecule has 0 unspecified atom stereocenters. The maximum absolute atomic E-state index is 11.6. The molecule has 8 nitrogen and oxygen atoms in total. The van der Waals surface area contributed by atoms with Crippen LogP contribution in [0.15, 0.2) is 54.7 Å². The van der Waals surface area contributed by atoms with Crippen LogP contribution in [0, 0.1) is 0 Å². The van der Waals surface area contributed by atoms with Crippen molar-refractivity contribution in [1.82, 2.24) is 15.2 Å². The highest BCUT2D eigenvalue weighted by atomic mass is 16.5. The minimum atomic E-state index is -0.405. The van der Waals surface area contributed by atoms with Crippen molar-refractivity contribution in [3.05, 3.63) is 60.3 Å². The van der Waals surface area contributed by atoms with Gasteiger partial charge >= 0.3 is 5.97 Å². The van der Waals surface area contributed by atoms with Gasteiger partial charge in [-0.3, -0.25) is 0 Å². The number of carbonyl (C=O) groups excluding carboxylic acids is 1. The van der Waals surface area contributed by atoms with Crippen molar-refractivity contribution in [3.8, 4) is 5.75 Å². The van der Waals surface area contributed by atoms with E-state index in [0.717, 1.165) is 11.4 Å². The number of anilines is 4. The molecule has 0 fully saturated rings. The van der Waals surface area contributed by atoms with Crippen LogP contribution in [0.25, 0.3) is 0 Å². The molecule has 0 spiro atoms. The molecule has 0 aliphatic heterocycles. The van der Waals surface area contributed by atoms with E-state index in [1.807, 2.05) is 37.3 Å². The molecule has 0 amide bonds. The largest absolute Gasteiger partial charge is 0.494 e.